The highest BCUT2D eigenvalue weighted by atomic mass is 32.2. The number of hydrogen-bond donors (Lipinski definition) is 0. The lowest BCUT2D eigenvalue weighted by Crippen LogP contribution is -2.18. The van der Waals surface area contributed by atoms with E-state index in [1.807, 2.05) is 66.7 Å². The Labute approximate surface area is 209 Å². The highest BCUT2D eigenvalue weighted by Crippen LogP contribution is 2.39. The summed E-state index contributed by atoms with van der Waals surface area (Å²) in [6.07, 6.45) is 0. The molecule has 0 bridgehead atoms. The molecule has 1 aromatic heterocycles. The van der Waals surface area contributed by atoms with Crippen LogP contribution in [-0.2, 0) is 9.73 Å². The number of hydrogen-bond acceptors (Lipinski definition) is 3. The number of para-hydroxylation sites is 3. The maximum atomic E-state index is 14.6. The van der Waals surface area contributed by atoms with Crippen LogP contribution in [0.3, 0.4) is 0 Å². The molecule has 0 aliphatic carbocycles. The Morgan fingerprint density at radius 2 is 1.22 bits per heavy atom. The van der Waals surface area contributed by atoms with Gasteiger partial charge in [-0.15, -0.1) is 0 Å². The molecule has 1 aliphatic rings. The van der Waals surface area contributed by atoms with Gasteiger partial charge in [0.15, 0.2) is 0 Å². The van der Waals surface area contributed by atoms with Crippen LogP contribution in [0.1, 0.15) is 5.56 Å². The van der Waals surface area contributed by atoms with Crippen LogP contribution in [0.2, 0.25) is 0 Å². The summed E-state index contributed by atoms with van der Waals surface area (Å²) >= 11 is 0. The van der Waals surface area contributed by atoms with E-state index in [9.17, 15) is 4.21 Å². The van der Waals surface area contributed by atoms with Crippen molar-refractivity contribution in [3.05, 3.63) is 133 Å². The molecular formula is C31H21N3OS. The lowest BCUT2D eigenvalue weighted by Gasteiger charge is -2.19. The van der Waals surface area contributed by atoms with Crippen molar-refractivity contribution in [2.75, 3.05) is 0 Å². The lowest BCUT2D eigenvalue weighted by molar-refractivity contribution is 0.684. The Morgan fingerprint density at radius 3 is 2.03 bits per heavy atom. The first-order valence-electron chi connectivity index (χ1n) is 11.8. The first-order valence-corrected chi connectivity index (χ1v) is 13.3. The van der Waals surface area contributed by atoms with E-state index >= 15 is 0 Å². The third-order valence-corrected chi connectivity index (χ3v) is 8.81. The summed E-state index contributed by atoms with van der Waals surface area (Å²) in [5.41, 5.74) is 5.51. The molecule has 0 amide bonds. The van der Waals surface area contributed by atoms with Gasteiger partial charge in [-0.3, -0.25) is 0 Å². The summed E-state index contributed by atoms with van der Waals surface area (Å²) in [5.74, 6) is 0. The quantitative estimate of drug-likeness (QED) is 0.251. The van der Waals surface area contributed by atoms with Crippen molar-refractivity contribution >= 4 is 48.0 Å². The van der Waals surface area contributed by atoms with E-state index in [4.69, 9.17) is 9.36 Å². The van der Waals surface area contributed by atoms with Crippen LogP contribution < -0.4 is 0 Å². The third kappa shape index (κ3) is 3.13. The average Bonchev–Trinajstić information content (AvgIpc) is 3.27. The monoisotopic (exact) mass is 483 g/mol. The molecule has 36 heavy (non-hydrogen) atoms. The normalized spacial score (nSPS) is 16.9. The summed E-state index contributed by atoms with van der Waals surface area (Å²) in [4.78, 5) is 5.60. The molecule has 5 heteroatoms. The van der Waals surface area contributed by atoms with Gasteiger partial charge < -0.3 is 4.57 Å². The molecule has 1 aliphatic heterocycles. The minimum Gasteiger partial charge on any atom is -0.309 e. The van der Waals surface area contributed by atoms with Gasteiger partial charge in [-0.05, 0) is 54.6 Å². The van der Waals surface area contributed by atoms with Crippen molar-refractivity contribution in [3.63, 3.8) is 0 Å². The van der Waals surface area contributed by atoms with Crippen LogP contribution in [0.15, 0.2) is 142 Å². The molecule has 2 heterocycles. The molecule has 0 saturated carbocycles. The molecule has 6 aromatic rings. The van der Waals surface area contributed by atoms with Gasteiger partial charge >= 0.3 is 0 Å². The van der Waals surface area contributed by atoms with Crippen molar-refractivity contribution in [2.24, 2.45) is 9.36 Å². The van der Waals surface area contributed by atoms with Gasteiger partial charge in [0.2, 0.25) is 0 Å². The zero-order chi connectivity index (χ0) is 24.1. The number of fused-ring (bicyclic) bond motifs is 4. The second-order valence-corrected chi connectivity index (χ2v) is 10.8. The SMILES string of the molecule is O=S1(c2ccccc2)=Nc2ccccc2N=C1c1ccc2c(c1)c1ccccc1n2-c1ccccc1. The Kier molecular flexibility index (Phi) is 4.66. The van der Waals surface area contributed by atoms with Gasteiger partial charge in [0.05, 0.1) is 27.3 Å². The van der Waals surface area contributed by atoms with E-state index in [2.05, 4.69) is 65.2 Å². The van der Waals surface area contributed by atoms with Crippen molar-refractivity contribution in [1.82, 2.24) is 4.57 Å². The maximum absolute atomic E-state index is 14.6. The minimum atomic E-state index is -2.98. The molecule has 4 nitrogen and oxygen atoms in total. The lowest BCUT2D eigenvalue weighted by atomic mass is 10.1. The predicted molar refractivity (Wildman–Crippen MR) is 148 cm³/mol. The van der Waals surface area contributed by atoms with Gasteiger partial charge in [0, 0.05) is 22.0 Å². The van der Waals surface area contributed by atoms with Gasteiger partial charge in [-0.25, -0.2) is 9.20 Å². The highest BCUT2D eigenvalue weighted by Gasteiger charge is 2.27. The Morgan fingerprint density at radius 1 is 0.583 bits per heavy atom. The largest absolute Gasteiger partial charge is 0.309 e. The third-order valence-electron chi connectivity index (χ3n) is 6.59. The molecule has 1 unspecified atom stereocenters. The fraction of sp³-hybridized carbons (Fsp3) is 0. The number of benzene rings is 5. The highest BCUT2D eigenvalue weighted by molar-refractivity contribution is 8.09. The van der Waals surface area contributed by atoms with E-state index < -0.39 is 9.73 Å². The summed E-state index contributed by atoms with van der Waals surface area (Å²) in [5, 5.41) is 2.72. The van der Waals surface area contributed by atoms with Crippen molar-refractivity contribution < 1.29 is 4.21 Å². The van der Waals surface area contributed by atoms with Gasteiger partial charge in [-0.2, -0.15) is 4.36 Å². The Bertz CT molecular complexity index is 1930. The summed E-state index contributed by atoms with van der Waals surface area (Å²) in [6, 6.07) is 42.1. The van der Waals surface area contributed by atoms with E-state index in [0.29, 0.717) is 15.6 Å². The smallest absolute Gasteiger partial charge is 0.148 e. The molecule has 172 valence electrons. The topological polar surface area (TPSA) is 46.7 Å². The second kappa shape index (κ2) is 8.04. The molecule has 0 fully saturated rings. The average molecular weight is 484 g/mol. The zero-order valence-corrected chi connectivity index (χ0v) is 20.1. The standard InChI is InChI=1S/C31H21N3OS/c35-36(24-13-5-2-6-14-24)31(32-27-16-8-9-17-28(27)33-36)22-19-20-30-26(21-22)25-15-7-10-18-29(25)34(30)23-11-3-1-4-12-23/h1-21H. The summed E-state index contributed by atoms with van der Waals surface area (Å²) < 4.78 is 21.7. The summed E-state index contributed by atoms with van der Waals surface area (Å²) in [7, 11) is -2.98. The Hall–Kier alpha value is -4.48. The molecule has 0 radical (unpaired) electrons. The van der Waals surface area contributed by atoms with Crippen LogP contribution in [0.25, 0.3) is 27.5 Å². The van der Waals surface area contributed by atoms with Crippen molar-refractivity contribution in [1.29, 1.82) is 0 Å². The van der Waals surface area contributed by atoms with Gasteiger partial charge in [0.25, 0.3) is 0 Å². The zero-order valence-electron chi connectivity index (χ0n) is 19.3. The first-order chi connectivity index (χ1) is 17.7. The van der Waals surface area contributed by atoms with Gasteiger partial charge in [0.1, 0.15) is 14.8 Å². The fourth-order valence-corrected chi connectivity index (χ4v) is 6.98. The number of aromatic nitrogens is 1. The van der Waals surface area contributed by atoms with Crippen LogP contribution in [-0.4, -0.2) is 13.8 Å². The van der Waals surface area contributed by atoms with E-state index in [0.717, 1.165) is 38.7 Å². The second-order valence-electron chi connectivity index (χ2n) is 8.76. The van der Waals surface area contributed by atoms with Crippen LogP contribution in [0, 0.1) is 0 Å². The molecule has 0 saturated heterocycles. The maximum Gasteiger partial charge on any atom is 0.148 e. The minimum absolute atomic E-state index is 0.492. The predicted octanol–water partition coefficient (Wildman–Crippen LogP) is 8.03. The van der Waals surface area contributed by atoms with Gasteiger partial charge in [-0.1, -0.05) is 72.8 Å². The molecular weight excluding hydrogens is 462 g/mol. The fourth-order valence-electron chi connectivity index (χ4n) is 4.94. The number of nitrogens with zero attached hydrogens (tertiary/aromatic N) is 3. The molecule has 0 N–H and O–H groups in total. The van der Waals surface area contributed by atoms with Crippen LogP contribution in [0.5, 0.6) is 0 Å². The first kappa shape index (κ1) is 20.9. The summed E-state index contributed by atoms with van der Waals surface area (Å²) in [6.45, 7) is 0. The van der Waals surface area contributed by atoms with Crippen LogP contribution >= 0.6 is 0 Å². The van der Waals surface area contributed by atoms with Crippen LogP contribution in [0.4, 0.5) is 11.4 Å². The number of aliphatic imine (C=N–C) groups is 1. The van der Waals surface area contributed by atoms with E-state index in [1.165, 1.54) is 0 Å². The number of rotatable bonds is 3. The van der Waals surface area contributed by atoms with Crippen molar-refractivity contribution in [3.8, 4) is 5.69 Å². The molecule has 7 rings (SSSR count). The Balaban J connectivity index is 1.52. The molecule has 5 aromatic carbocycles. The molecule has 1 atom stereocenters. The van der Waals surface area contributed by atoms with E-state index in [1.54, 1.807) is 0 Å². The van der Waals surface area contributed by atoms with E-state index in [-0.39, 0.29) is 0 Å². The van der Waals surface area contributed by atoms with Crippen molar-refractivity contribution in [2.45, 2.75) is 4.90 Å². The molecule has 0 spiro atoms.